The summed E-state index contributed by atoms with van der Waals surface area (Å²) in [5.74, 6) is -1.29. The third-order valence-corrected chi connectivity index (χ3v) is 5.96. The normalized spacial score (nSPS) is 12.3. The first-order chi connectivity index (χ1) is 15.0. The Balaban J connectivity index is 2.33. The van der Waals surface area contributed by atoms with E-state index in [4.69, 9.17) is 0 Å². The molecule has 0 unspecified atom stereocenters. The lowest BCUT2D eigenvalue weighted by Crippen LogP contribution is -2.51. The number of nitrogens with zero attached hydrogens (tertiary/aromatic N) is 2. The van der Waals surface area contributed by atoms with Gasteiger partial charge in [-0.05, 0) is 36.6 Å². The number of carbonyl (C=O) groups is 2. The highest BCUT2D eigenvalue weighted by molar-refractivity contribution is 7.92. The van der Waals surface area contributed by atoms with Gasteiger partial charge in [0.2, 0.25) is 21.8 Å². The van der Waals surface area contributed by atoms with E-state index < -0.39 is 34.3 Å². The number of halogens is 1. The summed E-state index contributed by atoms with van der Waals surface area (Å²) in [4.78, 5) is 27.3. The number of sulfonamides is 1. The van der Waals surface area contributed by atoms with Crippen LogP contribution in [0, 0.1) is 11.7 Å². The Morgan fingerprint density at radius 1 is 1.03 bits per heavy atom. The van der Waals surface area contributed by atoms with Gasteiger partial charge >= 0.3 is 0 Å². The first-order valence-corrected chi connectivity index (χ1v) is 12.2. The van der Waals surface area contributed by atoms with E-state index in [9.17, 15) is 22.4 Å². The van der Waals surface area contributed by atoms with Crippen LogP contribution in [0.3, 0.4) is 0 Å². The van der Waals surface area contributed by atoms with Gasteiger partial charge in [0.05, 0.1) is 11.9 Å². The number of hydrogen-bond acceptors (Lipinski definition) is 4. The second kappa shape index (κ2) is 11.1. The Morgan fingerprint density at radius 3 is 2.25 bits per heavy atom. The quantitative estimate of drug-likeness (QED) is 0.587. The smallest absolute Gasteiger partial charge is 0.244 e. The van der Waals surface area contributed by atoms with E-state index in [1.807, 2.05) is 44.2 Å². The average Bonchev–Trinajstić information content (AvgIpc) is 2.73. The van der Waals surface area contributed by atoms with Crippen LogP contribution in [0.2, 0.25) is 0 Å². The molecular weight excluding hydrogens is 433 g/mol. The highest BCUT2D eigenvalue weighted by atomic mass is 32.2. The minimum Gasteiger partial charge on any atom is -0.354 e. The molecule has 0 saturated heterocycles. The number of nitrogens with one attached hydrogen (secondary N) is 1. The third-order valence-electron chi connectivity index (χ3n) is 4.82. The molecule has 0 aromatic heterocycles. The number of anilines is 1. The van der Waals surface area contributed by atoms with Gasteiger partial charge in [-0.25, -0.2) is 12.8 Å². The fourth-order valence-electron chi connectivity index (χ4n) is 3.06. The number of carbonyl (C=O) groups excluding carboxylic acids is 2. The predicted molar refractivity (Wildman–Crippen MR) is 123 cm³/mol. The molecule has 1 N–H and O–H groups in total. The second-order valence-corrected chi connectivity index (χ2v) is 9.98. The van der Waals surface area contributed by atoms with Crippen molar-refractivity contribution in [2.24, 2.45) is 5.92 Å². The van der Waals surface area contributed by atoms with Gasteiger partial charge in [0.25, 0.3) is 0 Å². The van der Waals surface area contributed by atoms with Crippen molar-refractivity contribution < 1.29 is 22.4 Å². The van der Waals surface area contributed by atoms with Crippen molar-refractivity contribution in [2.45, 2.75) is 33.4 Å². The summed E-state index contributed by atoms with van der Waals surface area (Å²) in [6.45, 7) is 5.54. The first-order valence-electron chi connectivity index (χ1n) is 10.3. The van der Waals surface area contributed by atoms with Crippen LogP contribution in [0.4, 0.5) is 10.1 Å². The molecule has 2 amide bonds. The first kappa shape index (κ1) is 25.3. The molecule has 1 atom stereocenters. The Bertz CT molecular complexity index is 1030. The highest BCUT2D eigenvalue weighted by Gasteiger charge is 2.30. The van der Waals surface area contributed by atoms with Crippen LogP contribution in [0.15, 0.2) is 54.6 Å². The molecule has 0 fully saturated rings. The topological polar surface area (TPSA) is 86.8 Å². The van der Waals surface area contributed by atoms with Crippen molar-refractivity contribution in [1.29, 1.82) is 0 Å². The van der Waals surface area contributed by atoms with Crippen molar-refractivity contribution in [3.05, 3.63) is 66.0 Å². The van der Waals surface area contributed by atoms with Gasteiger partial charge in [0.1, 0.15) is 18.4 Å². The van der Waals surface area contributed by atoms with Gasteiger partial charge in [-0.1, -0.05) is 50.2 Å². The maximum atomic E-state index is 13.7. The van der Waals surface area contributed by atoms with E-state index in [1.54, 1.807) is 6.92 Å². The fraction of sp³-hybridized carbons (Fsp3) is 0.391. The number of amides is 2. The minimum atomic E-state index is -3.88. The summed E-state index contributed by atoms with van der Waals surface area (Å²) < 4.78 is 39.3. The largest absolute Gasteiger partial charge is 0.354 e. The van der Waals surface area contributed by atoms with Crippen LogP contribution in [-0.2, 0) is 26.2 Å². The second-order valence-electron chi connectivity index (χ2n) is 8.07. The molecule has 0 spiro atoms. The van der Waals surface area contributed by atoms with Crippen LogP contribution in [-0.4, -0.2) is 50.5 Å². The molecular formula is C23H30FN3O4S. The van der Waals surface area contributed by atoms with Crippen molar-refractivity contribution >= 4 is 27.5 Å². The summed E-state index contributed by atoms with van der Waals surface area (Å²) in [5.41, 5.74) is 0.832. The number of hydrogen-bond donors (Lipinski definition) is 1. The van der Waals surface area contributed by atoms with Gasteiger partial charge < -0.3 is 10.2 Å². The summed E-state index contributed by atoms with van der Waals surface area (Å²) in [6.07, 6.45) is 0.950. The Labute approximate surface area is 189 Å². The lowest BCUT2D eigenvalue weighted by molar-refractivity contribution is -0.139. The van der Waals surface area contributed by atoms with E-state index >= 15 is 0 Å². The third kappa shape index (κ3) is 7.33. The molecule has 2 aromatic rings. The van der Waals surface area contributed by atoms with E-state index in [1.165, 1.54) is 23.1 Å². The maximum absolute atomic E-state index is 13.7. The number of benzene rings is 2. The summed E-state index contributed by atoms with van der Waals surface area (Å²) in [6, 6.07) is 13.3. The molecule has 0 heterocycles. The van der Waals surface area contributed by atoms with Crippen molar-refractivity contribution in [3.63, 3.8) is 0 Å². The molecule has 0 aliphatic carbocycles. The molecule has 7 nitrogen and oxygen atoms in total. The van der Waals surface area contributed by atoms with Gasteiger partial charge in [-0.15, -0.1) is 0 Å². The molecule has 0 radical (unpaired) electrons. The molecule has 32 heavy (non-hydrogen) atoms. The predicted octanol–water partition coefficient (Wildman–Crippen LogP) is 2.78. The molecule has 9 heteroatoms. The zero-order valence-electron chi connectivity index (χ0n) is 18.8. The fourth-order valence-corrected chi connectivity index (χ4v) is 3.90. The number of rotatable bonds is 10. The van der Waals surface area contributed by atoms with Crippen LogP contribution in [0.25, 0.3) is 0 Å². The lowest BCUT2D eigenvalue weighted by atomic mass is 10.1. The van der Waals surface area contributed by atoms with Crippen LogP contribution >= 0.6 is 0 Å². The lowest BCUT2D eigenvalue weighted by Gasteiger charge is -2.31. The molecule has 2 rings (SSSR count). The van der Waals surface area contributed by atoms with Crippen molar-refractivity contribution in [2.75, 3.05) is 23.7 Å². The van der Waals surface area contributed by atoms with E-state index in [0.717, 1.165) is 22.2 Å². The summed E-state index contributed by atoms with van der Waals surface area (Å²) in [5, 5.41) is 2.81. The Hall–Kier alpha value is -2.94. The van der Waals surface area contributed by atoms with Gasteiger partial charge in [-0.2, -0.15) is 0 Å². The average molecular weight is 464 g/mol. The molecule has 2 aromatic carbocycles. The molecule has 0 bridgehead atoms. The zero-order valence-corrected chi connectivity index (χ0v) is 19.6. The van der Waals surface area contributed by atoms with E-state index in [0.29, 0.717) is 6.54 Å². The monoisotopic (exact) mass is 463 g/mol. The van der Waals surface area contributed by atoms with E-state index in [2.05, 4.69) is 5.32 Å². The molecule has 0 aliphatic heterocycles. The zero-order chi connectivity index (χ0) is 23.9. The molecule has 174 valence electrons. The molecule has 0 aliphatic rings. The van der Waals surface area contributed by atoms with Crippen molar-refractivity contribution in [1.82, 2.24) is 10.2 Å². The minimum absolute atomic E-state index is 0.0393. The summed E-state index contributed by atoms with van der Waals surface area (Å²) >= 11 is 0. The van der Waals surface area contributed by atoms with Crippen LogP contribution in [0.1, 0.15) is 26.3 Å². The highest BCUT2D eigenvalue weighted by Crippen LogP contribution is 2.20. The maximum Gasteiger partial charge on any atom is 0.244 e. The van der Waals surface area contributed by atoms with Crippen LogP contribution < -0.4 is 9.62 Å². The van der Waals surface area contributed by atoms with E-state index in [-0.39, 0.29) is 24.1 Å². The van der Waals surface area contributed by atoms with Gasteiger partial charge in [0, 0.05) is 13.1 Å². The summed E-state index contributed by atoms with van der Waals surface area (Å²) in [7, 11) is -3.88. The molecule has 0 saturated carbocycles. The Kier molecular flexibility index (Phi) is 8.77. The van der Waals surface area contributed by atoms with Gasteiger partial charge in [0.15, 0.2) is 0 Å². The standard InChI is InChI=1S/C23H30FN3O4S/c1-17(2)14-25-23(29)18(3)26(15-19-9-6-5-7-10-19)22(28)16-27(32(4,30)31)21-12-8-11-20(24)13-21/h5-13,17-18H,14-16H2,1-4H3,(H,25,29)/t18-/m1/s1. The Morgan fingerprint density at radius 2 is 1.69 bits per heavy atom. The van der Waals surface area contributed by atoms with Crippen molar-refractivity contribution in [3.8, 4) is 0 Å². The van der Waals surface area contributed by atoms with Gasteiger partial charge in [-0.3, -0.25) is 13.9 Å². The van der Waals surface area contributed by atoms with Crippen LogP contribution in [0.5, 0.6) is 0 Å². The SMILES string of the molecule is CC(C)CNC(=O)[C@@H](C)N(Cc1ccccc1)C(=O)CN(c1cccc(F)c1)S(C)(=O)=O.